The number of hydrogen-bond donors (Lipinski definition) is 0. The van der Waals surface area contributed by atoms with Crippen molar-refractivity contribution in [3.63, 3.8) is 0 Å². The Morgan fingerprint density at radius 2 is 0.508 bits per heavy atom. The third-order valence-corrected chi connectivity index (χ3v) is 12.4. The Labute approximate surface area is 362 Å². The van der Waals surface area contributed by atoms with E-state index < -0.39 is 0 Å². The van der Waals surface area contributed by atoms with Gasteiger partial charge in [-0.25, -0.2) is 15.0 Å². The summed E-state index contributed by atoms with van der Waals surface area (Å²) in [4.78, 5) is 16.3. The molecule has 0 aliphatic heterocycles. The first kappa shape index (κ1) is 35.2. The van der Waals surface area contributed by atoms with E-state index in [0.717, 1.165) is 84.3 Å². The maximum Gasteiger partial charge on any atom is 0.145 e. The molecule has 6 nitrogen and oxygen atoms in total. The summed E-state index contributed by atoms with van der Waals surface area (Å²) in [6.07, 6.45) is 0. The minimum absolute atomic E-state index is 0.830. The summed E-state index contributed by atoms with van der Waals surface area (Å²) in [6.45, 7) is 0. The van der Waals surface area contributed by atoms with Gasteiger partial charge in [0.25, 0.3) is 0 Å². The van der Waals surface area contributed by atoms with Gasteiger partial charge in [-0.1, -0.05) is 127 Å². The highest BCUT2D eigenvalue weighted by Gasteiger charge is 2.23. The van der Waals surface area contributed by atoms with Crippen LogP contribution in [0.2, 0.25) is 0 Å². The summed E-state index contributed by atoms with van der Waals surface area (Å²) in [6, 6.07) is 77.5. The Morgan fingerprint density at radius 3 is 0.825 bits per heavy atom. The second-order valence-electron chi connectivity index (χ2n) is 16.2. The predicted molar refractivity (Wildman–Crippen MR) is 259 cm³/mol. The molecule has 3 heterocycles. The summed E-state index contributed by atoms with van der Waals surface area (Å²) in [5.41, 5.74) is 11.8. The smallest absolute Gasteiger partial charge is 0.145 e. The number of fused-ring (bicyclic) bond motifs is 6. The van der Waals surface area contributed by atoms with Crippen molar-refractivity contribution in [1.29, 1.82) is 0 Å². The van der Waals surface area contributed by atoms with Gasteiger partial charge in [-0.05, 0) is 123 Å². The van der Waals surface area contributed by atoms with Crippen molar-refractivity contribution in [3.8, 4) is 51.2 Å². The fourth-order valence-electron chi connectivity index (χ4n) is 9.41. The first-order valence-electron chi connectivity index (χ1n) is 21.3. The molecule has 294 valence electrons. The normalized spacial score (nSPS) is 11.8. The van der Waals surface area contributed by atoms with Crippen LogP contribution in [0.1, 0.15) is 0 Å². The minimum Gasteiger partial charge on any atom is -0.292 e. The lowest BCUT2D eigenvalue weighted by atomic mass is 10.0. The number of rotatable bonds is 6. The first-order chi connectivity index (χ1) is 31.2. The second-order valence-corrected chi connectivity index (χ2v) is 16.2. The molecular formula is C57H36N6. The van der Waals surface area contributed by atoms with Crippen molar-refractivity contribution < 1.29 is 0 Å². The molecule has 0 saturated carbocycles. The van der Waals surface area contributed by atoms with Gasteiger partial charge in [-0.15, -0.1) is 0 Å². The number of nitrogens with zero attached hydrogens (tertiary/aromatic N) is 6. The molecule has 10 aromatic carbocycles. The van der Waals surface area contributed by atoms with Gasteiger partial charge in [0, 0.05) is 33.8 Å². The van der Waals surface area contributed by atoms with Gasteiger partial charge in [0.15, 0.2) is 0 Å². The van der Waals surface area contributed by atoms with Gasteiger partial charge in [0.05, 0.1) is 33.1 Å². The van der Waals surface area contributed by atoms with Gasteiger partial charge in [0.2, 0.25) is 0 Å². The number of aromatic nitrogens is 6. The van der Waals surface area contributed by atoms with Crippen LogP contribution in [0, 0.1) is 0 Å². The lowest BCUT2D eigenvalue weighted by Crippen LogP contribution is -2.02. The molecule has 0 aliphatic carbocycles. The zero-order valence-corrected chi connectivity index (χ0v) is 34.0. The van der Waals surface area contributed by atoms with Gasteiger partial charge in [-0.3, -0.25) is 13.7 Å². The Kier molecular flexibility index (Phi) is 7.80. The molecule has 6 heteroatoms. The van der Waals surface area contributed by atoms with Crippen molar-refractivity contribution in [2.75, 3.05) is 0 Å². The van der Waals surface area contributed by atoms with Crippen molar-refractivity contribution in [2.24, 2.45) is 0 Å². The first-order valence-corrected chi connectivity index (χ1v) is 21.3. The van der Waals surface area contributed by atoms with E-state index in [9.17, 15) is 0 Å². The van der Waals surface area contributed by atoms with Crippen LogP contribution in [0.15, 0.2) is 218 Å². The molecule has 0 atom stereocenters. The Hall–Kier alpha value is -8.61. The monoisotopic (exact) mass is 804 g/mol. The highest BCUT2D eigenvalue weighted by molar-refractivity contribution is 5.93. The van der Waals surface area contributed by atoms with Crippen LogP contribution in [-0.4, -0.2) is 28.7 Å². The van der Waals surface area contributed by atoms with E-state index in [2.05, 4.69) is 232 Å². The largest absolute Gasteiger partial charge is 0.292 e. The third kappa shape index (κ3) is 5.76. The topological polar surface area (TPSA) is 53.5 Å². The molecule has 0 saturated heterocycles. The number of benzene rings is 10. The van der Waals surface area contributed by atoms with E-state index >= 15 is 0 Å². The molecule has 0 N–H and O–H groups in total. The molecular weight excluding hydrogens is 769 g/mol. The van der Waals surface area contributed by atoms with E-state index in [0.29, 0.717) is 0 Å². The Balaban J connectivity index is 1.12. The second kappa shape index (κ2) is 14.0. The zero-order chi connectivity index (χ0) is 41.4. The van der Waals surface area contributed by atoms with Crippen LogP contribution in [0.3, 0.4) is 0 Å². The summed E-state index contributed by atoms with van der Waals surface area (Å²) >= 11 is 0. The van der Waals surface area contributed by atoms with Gasteiger partial charge >= 0.3 is 0 Å². The van der Waals surface area contributed by atoms with Crippen LogP contribution >= 0.6 is 0 Å². The van der Waals surface area contributed by atoms with E-state index in [1.54, 1.807) is 0 Å². The lowest BCUT2D eigenvalue weighted by Gasteiger charge is -2.16. The Morgan fingerprint density at radius 1 is 0.238 bits per heavy atom. The average molecular weight is 805 g/mol. The van der Waals surface area contributed by atoms with Crippen LogP contribution in [0.5, 0.6) is 0 Å². The zero-order valence-electron chi connectivity index (χ0n) is 34.0. The number of para-hydroxylation sites is 6. The van der Waals surface area contributed by atoms with Crippen molar-refractivity contribution in [2.45, 2.75) is 0 Å². The highest BCUT2D eigenvalue weighted by Crippen LogP contribution is 2.39. The summed E-state index contributed by atoms with van der Waals surface area (Å²) in [7, 11) is 0. The van der Waals surface area contributed by atoms with Crippen molar-refractivity contribution in [3.05, 3.63) is 218 Å². The number of imidazole rings is 3. The summed E-state index contributed by atoms with van der Waals surface area (Å²) in [5.74, 6) is 2.49. The molecule has 0 radical (unpaired) electrons. The predicted octanol–water partition coefficient (Wildman–Crippen LogP) is 14.2. The molecule has 3 aromatic heterocycles. The molecule has 0 spiro atoms. The highest BCUT2D eigenvalue weighted by atomic mass is 15.1. The quantitative estimate of drug-likeness (QED) is 0.168. The van der Waals surface area contributed by atoms with Gasteiger partial charge < -0.3 is 0 Å². The van der Waals surface area contributed by atoms with Crippen molar-refractivity contribution in [1.82, 2.24) is 28.7 Å². The average Bonchev–Trinajstić information content (AvgIpc) is 4.06. The maximum atomic E-state index is 5.43. The van der Waals surface area contributed by atoms with Crippen molar-refractivity contribution >= 4 is 65.4 Å². The molecule has 0 unspecified atom stereocenters. The molecule has 13 rings (SSSR count). The maximum absolute atomic E-state index is 5.43. The van der Waals surface area contributed by atoms with Gasteiger partial charge in [-0.2, -0.15) is 0 Å². The third-order valence-electron chi connectivity index (χ3n) is 12.4. The van der Waals surface area contributed by atoms with Crippen LogP contribution in [0.25, 0.3) is 117 Å². The molecule has 0 bridgehead atoms. The van der Waals surface area contributed by atoms with E-state index in [1.807, 2.05) is 0 Å². The molecule has 0 aliphatic rings. The minimum atomic E-state index is 0.830. The molecule has 0 amide bonds. The SMILES string of the molecule is c1ccc2cc(-n3c(-c4cc(-c5nc6ccccc6n5-c5ccc6ccccc6c5)cc(-c5nc6ccccc6n5-c5ccc6ccccc6c5)c4)nc4ccccc43)ccc2c1. The number of hydrogen-bond acceptors (Lipinski definition) is 3. The fourth-order valence-corrected chi connectivity index (χ4v) is 9.41. The van der Waals surface area contributed by atoms with Crippen LogP contribution in [0.4, 0.5) is 0 Å². The van der Waals surface area contributed by atoms with E-state index in [-0.39, 0.29) is 0 Å². The lowest BCUT2D eigenvalue weighted by molar-refractivity contribution is 1.09. The Bertz CT molecular complexity index is 3520. The fraction of sp³-hybridized carbons (Fsp3) is 0. The molecule has 0 fully saturated rings. The summed E-state index contributed by atoms with van der Waals surface area (Å²) < 4.78 is 6.88. The van der Waals surface area contributed by atoms with Crippen LogP contribution in [-0.2, 0) is 0 Å². The van der Waals surface area contributed by atoms with E-state index in [1.165, 1.54) is 32.3 Å². The van der Waals surface area contributed by atoms with Crippen LogP contribution < -0.4 is 0 Å². The standard InChI is InChI=1S/C57H36N6/c1-4-16-40-34-46(28-25-37(40)13-1)61-52-22-10-7-19-49(52)58-55(61)43-31-44(56-59-50-20-8-11-23-53(50)62(56)47-29-26-38-14-2-5-17-41(38)35-47)33-45(32-43)57-60-51-21-9-12-24-54(51)63(57)48-30-27-39-15-3-6-18-42(39)36-48/h1-36H. The molecule has 13 aromatic rings. The summed E-state index contributed by atoms with van der Waals surface area (Å²) in [5, 5.41) is 7.08. The van der Waals surface area contributed by atoms with Gasteiger partial charge in [0.1, 0.15) is 17.5 Å². The van der Waals surface area contributed by atoms with E-state index in [4.69, 9.17) is 15.0 Å². The molecule has 63 heavy (non-hydrogen) atoms.